The highest BCUT2D eigenvalue weighted by Gasteiger charge is 2.34. The van der Waals surface area contributed by atoms with Crippen molar-refractivity contribution in [2.75, 3.05) is 13.7 Å². The molecule has 0 bridgehead atoms. The van der Waals surface area contributed by atoms with Crippen LogP contribution in [0.5, 0.6) is 0 Å². The SMILES string of the molecule is CC[C@H](N)C(=O)N1CCCCC1C(=O)OC.Cl. The Morgan fingerprint density at radius 1 is 1.47 bits per heavy atom. The highest BCUT2D eigenvalue weighted by molar-refractivity contribution is 5.87. The summed E-state index contributed by atoms with van der Waals surface area (Å²) in [7, 11) is 1.35. The van der Waals surface area contributed by atoms with Crippen LogP contribution in [0.1, 0.15) is 32.6 Å². The van der Waals surface area contributed by atoms with E-state index in [1.54, 1.807) is 4.90 Å². The number of amides is 1. The summed E-state index contributed by atoms with van der Waals surface area (Å²) in [6, 6.07) is -0.950. The monoisotopic (exact) mass is 264 g/mol. The predicted molar refractivity (Wildman–Crippen MR) is 66.9 cm³/mol. The molecule has 6 heteroatoms. The molecule has 1 aliphatic rings. The average molecular weight is 265 g/mol. The van der Waals surface area contributed by atoms with E-state index >= 15 is 0 Å². The molecule has 0 saturated carbocycles. The second-order valence-electron chi connectivity index (χ2n) is 4.08. The van der Waals surface area contributed by atoms with Gasteiger partial charge in [-0.3, -0.25) is 4.79 Å². The maximum atomic E-state index is 12.0. The Hall–Kier alpha value is -0.810. The van der Waals surface area contributed by atoms with Gasteiger partial charge in [-0.2, -0.15) is 0 Å². The highest BCUT2D eigenvalue weighted by Crippen LogP contribution is 2.19. The highest BCUT2D eigenvalue weighted by atomic mass is 35.5. The molecule has 0 aromatic heterocycles. The van der Waals surface area contributed by atoms with Crippen molar-refractivity contribution in [1.29, 1.82) is 0 Å². The zero-order valence-corrected chi connectivity index (χ0v) is 11.2. The summed E-state index contributed by atoms with van der Waals surface area (Å²) >= 11 is 0. The molecule has 1 saturated heterocycles. The third kappa shape index (κ3) is 3.85. The Balaban J connectivity index is 0.00000256. The Morgan fingerprint density at radius 2 is 2.12 bits per heavy atom. The number of carbonyl (C=O) groups is 2. The molecule has 0 aromatic carbocycles. The number of rotatable bonds is 3. The number of hydrogen-bond donors (Lipinski definition) is 1. The molecule has 0 radical (unpaired) electrons. The summed E-state index contributed by atoms with van der Waals surface area (Å²) in [6.07, 6.45) is 3.14. The number of methoxy groups -OCH3 is 1. The van der Waals surface area contributed by atoms with Gasteiger partial charge in [0.25, 0.3) is 0 Å². The van der Waals surface area contributed by atoms with Crippen LogP contribution in [0.2, 0.25) is 0 Å². The normalized spacial score (nSPS) is 21.4. The minimum Gasteiger partial charge on any atom is -0.467 e. The van der Waals surface area contributed by atoms with E-state index in [0.717, 1.165) is 12.8 Å². The van der Waals surface area contributed by atoms with E-state index in [1.807, 2.05) is 6.92 Å². The Labute approximate surface area is 108 Å². The summed E-state index contributed by atoms with van der Waals surface area (Å²) in [5, 5.41) is 0. The van der Waals surface area contributed by atoms with Crippen molar-refractivity contribution in [2.45, 2.75) is 44.7 Å². The number of piperidine rings is 1. The lowest BCUT2D eigenvalue weighted by atomic mass is 10.0. The van der Waals surface area contributed by atoms with Gasteiger partial charge in [-0.15, -0.1) is 12.4 Å². The van der Waals surface area contributed by atoms with Crippen LogP contribution >= 0.6 is 12.4 Å². The Morgan fingerprint density at radius 3 is 2.65 bits per heavy atom. The number of halogens is 1. The summed E-state index contributed by atoms with van der Waals surface area (Å²) < 4.78 is 4.71. The quantitative estimate of drug-likeness (QED) is 0.762. The lowest BCUT2D eigenvalue weighted by Crippen LogP contribution is -2.53. The molecule has 2 atom stereocenters. The van der Waals surface area contributed by atoms with E-state index in [1.165, 1.54) is 7.11 Å². The van der Waals surface area contributed by atoms with E-state index in [4.69, 9.17) is 10.5 Å². The molecular weight excluding hydrogens is 244 g/mol. The fourth-order valence-corrected chi connectivity index (χ4v) is 1.96. The molecule has 100 valence electrons. The van der Waals surface area contributed by atoms with Gasteiger partial charge in [0, 0.05) is 6.54 Å². The van der Waals surface area contributed by atoms with E-state index in [0.29, 0.717) is 19.4 Å². The first-order valence-electron chi connectivity index (χ1n) is 5.75. The van der Waals surface area contributed by atoms with Crippen LogP contribution in [0.25, 0.3) is 0 Å². The zero-order chi connectivity index (χ0) is 12.1. The van der Waals surface area contributed by atoms with Crippen LogP contribution in [0, 0.1) is 0 Å². The molecule has 1 aliphatic heterocycles. The van der Waals surface area contributed by atoms with Crippen molar-refractivity contribution in [3.8, 4) is 0 Å². The average Bonchev–Trinajstić information content (AvgIpc) is 2.35. The van der Waals surface area contributed by atoms with Crippen LogP contribution in [0.4, 0.5) is 0 Å². The van der Waals surface area contributed by atoms with Crippen LogP contribution in [-0.4, -0.2) is 42.5 Å². The van der Waals surface area contributed by atoms with Crippen molar-refractivity contribution in [3.05, 3.63) is 0 Å². The van der Waals surface area contributed by atoms with E-state index in [-0.39, 0.29) is 24.3 Å². The molecule has 0 aliphatic carbocycles. The smallest absolute Gasteiger partial charge is 0.328 e. The third-order valence-corrected chi connectivity index (χ3v) is 3.02. The van der Waals surface area contributed by atoms with Crippen LogP contribution < -0.4 is 5.73 Å². The first kappa shape index (κ1) is 16.2. The number of hydrogen-bond acceptors (Lipinski definition) is 4. The molecule has 0 spiro atoms. The summed E-state index contributed by atoms with van der Waals surface area (Å²) in [6.45, 7) is 2.46. The molecule has 2 N–H and O–H groups in total. The summed E-state index contributed by atoms with van der Waals surface area (Å²) in [4.78, 5) is 25.1. The molecule has 0 aromatic rings. The zero-order valence-electron chi connectivity index (χ0n) is 10.3. The number of esters is 1. The number of nitrogens with zero attached hydrogens (tertiary/aromatic N) is 1. The van der Waals surface area contributed by atoms with Gasteiger partial charge in [0.05, 0.1) is 13.2 Å². The maximum absolute atomic E-state index is 12.0. The summed E-state index contributed by atoms with van der Waals surface area (Å²) in [5.41, 5.74) is 5.71. The minimum absolute atomic E-state index is 0. The predicted octanol–water partition coefficient (Wildman–Crippen LogP) is 0.700. The van der Waals surface area contributed by atoms with E-state index in [2.05, 4.69) is 0 Å². The lowest BCUT2D eigenvalue weighted by Gasteiger charge is -2.35. The van der Waals surface area contributed by atoms with Crippen molar-refractivity contribution in [3.63, 3.8) is 0 Å². The minimum atomic E-state index is -0.509. The maximum Gasteiger partial charge on any atom is 0.328 e. The molecule has 1 amide bonds. The van der Waals surface area contributed by atoms with Gasteiger partial charge in [-0.1, -0.05) is 6.92 Å². The molecule has 1 fully saturated rings. The van der Waals surface area contributed by atoms with Crippen molar-refractivity contribution in [2.24, 2.45) is 5.73 Å². The Bertz CT molecular complexity index is 273. The van der Waals surface area contributed by atoms with Crippen LogP contribution in [-0.2, 0) is 14.3 Å². The van der Waals surface area contributed by atoms with Gasteiger partial charge >= 0.3 is 5.97 Å². The molecule has 1 rings (SSSR count). The van der Waals surface area contributed by atoms with Gasteiger partial charge in [-0.25, -0.2) is 4.79 Å². The molecule has 5 nitrogen and oxygen atoms in total. The third-order valence-electron chi connectivity index (χ3n) is 3.02. The first-order valence-corrected chi connectivity index (χ1v) is 5.75. The van der Waals surface area contributed by atoms with Crippen LogP contribution in [0.15, 0.2) is 0 Å². The largest absolute Gasteiger partial charge is 0.467 e. The van der Waals surface area contributed by atoms with Crippen molar-refractivity contribution in [1.82, 2.24) is 4.90 Å². The van der Waals surface area contributed by atoms with Gasteiger partial charge in [0.1, 0.15) is 6.04 Å². The molecule has 17 heavy (non-hydrogen) atoms. The Kier molecular flexibility index (Phi) is 7.15. The number of ether oxygens (including phenoxy) is 1. The fraction of sp³-hybridized carbons (Fsp3) is 0.818. The molecule has 1 unspecified atom stereocenters. The fourth-order valence-electron chi connectivity index (χ4n) is 1.96. The number of nitrogens with two attached hydrogens (primary N) is 1. The first-order chi connectivity index (χ1) is 7.61. The lowest BCUT2D eigenvalue weighted by molar-refractivity contribution is -0.155. The molecular formula is C11H21ClN2O3. The van der Waals surface area contributed by atoms with Gasteiger partial charge in [-0.05, 0) is 25.7 Å². The van der Waals surface area contributed by atoms with Crippen molar-refractivity contribution < 1.29 is 14.3 Å². The summed E-state index contributed by atoms with van der Waals surface area (Å²) in [5.74, 6) is -0.478. The molecule has 1 heterocycles. The van der Waals surface area contributed by atoms with E-state index < -0.39 is 12.1 Å². The number of carbonyl (C=O) groups excluding carboxylic acids is 2. The van der Waals surface area contributed by atoms with Crippen LogP contribution in [0.3, 0.4) is 0 Å². The second-order valence-corrected chi connectivity index (χ2v) is 4.08. The second kappa shape index (κ2) is 7.50. The van der Waals surface area contributed by atoms with Gasteiger partial charge < -0.3 is 15.4 Å². The standard InChI is InChI=1S/C11H20N2O3.ClH/c1-3-8(12)10(14)13-7-5-4-6-9(13)11(15)16-2;/h8-9H,3-7,12H2,1-2H3;1H/t8-,9?;/m0./s1. The topological polar surface area (TPSA) is 72.6 Å². The van der Waals surface area contributed by atoms with E-state index in [9.17, 15) is 9.59 Å². The van der Waals surface area contributed by atoms with Crippen molar-refractivity contribution >= 4 is 24.3 Å². The van der Waals surface area contributed by atoms with Gasteiger partial charge in [0.15, 0.2) is 0 Å². The number of likely N-dealkylation sites (tertiary alicyclic amines) is 1. The van der Waals surface area contributed by atoms with Gasteiger partial charge in [0.2, 0.25) is 5.91 Å².